The van der Waals surface area contributed by atoms with Gasteiger partial charge in [0.05, 0.1) is 13.2 Å². The van der Waals surface area contributed by atoms with Crippen LogP contribution in [0.1, 0.15) is 45.4 Å². The summed E-state index contributed by atoms with van der Waals surface area (Å²) in [5, 5.41) is 0. The van der Waals surface area contributed by atoms with Crippen molar-refractivity contribution in [1.29, 1.82) is 0 Å². The highest BCUT2D eigenvalue weighted by molar-refractivity contribution is 5.50. The van der Waals surface area contributed by atoms with Crippen molar-refractivity contribution in [2.24, 2.45) is 0 Å². The largest absolute Gasteiger partial charge is 0.494 e. The van der Waals surface area contributed by atoms with Gasteiger partial charge in [0, 0.05) is 6.42 Å². The van der Waals surface area contributed by atoms with Crippen LogP contribution < -0.4 is 9.47 Å². The molecule has 0 aliphatic rings. The van der Waals surface area contributed by atoms with Gasteiger partial charge in [0.25, 0.3) is 0 Å². The summed E-state index contributed by atoms with van der Waals surface area (Å²) in [4.78, 5) is 10.0. The quantitative estimate of drug-likeness (QED) is 0.568. The van der Waals surface area contributed by atoms with Crippen LogP contribution in [0.2, 0.25) is 0 Å². The molecule has 0 fully saturated rings. The van der Waals surface area contributed by atoms with E-state index < -0.39 is 0 Å². The van der Waals surface area contributed by atoms with E-state index in [9.17, 15) is 4.79 Å². The summed E-state index contributed by atoms with van der Waals surface area (Å²) >= 11 is 0. The smallest absolute Gasteiger partial charge is 0.198 e. The van der Waals surface area contributed by atoms with Crippen LogP contribution in [-0.2, 0) is 4.79 Å². The molecular weight excluding hydrogens is 240 g/mol. The van der Waals surface area contributed by atoms with E-state index in [0.29, 0.717) is 13.0 Å². The van der Waals surface area contributed by atoms with Crippen LogP contribution in [0.4, 0.5) is 0 Å². The lowest BCUT2D eigenvalue weighted by molar-refractivity contribution is 0.298. The normalized spacial score (nSPS) is 10.2. The molecule has 0 spiro atoms. The van der Waals surface area contributed by atoms with Gasteiger partial charge in [-0.3, -0.25) is 4.79 Å². The summed E-state index contributed by atoms with van der Waals surface area (Å²) < 4.78 is 11.2. The second-order valence-electron chi connectivity index (χ2n) is 4.48. The van der Waals surface area contributed by atoms with Crippen LogP contribution in [0.15, 0.2) is 24.3 Å². The monoisotopic (exact) mass is 263 g/mol. The van der Waals surface area contributed by atoms with Gasteiger partial charge in [-0.15, -0.1) is 0 Å². The molecule has 0 saturated carbocycles. The van der Waals surface area contributed by atoms with E-state index in [0.717, 1.165) is 37.4 Å². The Labute approximate surface area is 115 Å². The summed E-state index contributed by atoms with van der Waals surface area (Å²) in [6.07, 6.45) is 7.60. The van der Waals surface area contributed by atoms with Crippen molar-refractivity contribution in [3.63, 3.8) is 0 Å². The third-order valence-electron chi connectivity index (χ3n) is 2.78. The third-order valence-corrected chi connectivity index (χ3v) is 2.78. The minimum absolute atomic E-state index is 0.494. The van der Waals surface area contributed by atoms with Crippen molar-refractivity contribution in [3.05, 3.63) is 24.3 Å². The Bertz CT molecular complexity index is 332. The van der Waals surface area contributed by atoms with E-state index in [2.05, 4.69) is 6.92 Å². The Morgan fingerprint density at radius 2 is 1.42 bits per heavy atom. The molecule has 3 nitrogen and oxygen atoms in total. The van der Waals surface area contributed by atoms with Crippen LogP contribution in [-0.4, -0.2) is 19.5 Å². The SMILES string of the molecule is CCCCCOc1ccc(OCCCC[C]=O)cc1. The minimum atomic E-state index is 0.494. The van der Waals surface area contributed by atoms with Crippen molar-refractivity contribution in [2.75, 3.05) is 13.2 Å². The molecule has 105 valence electrons. The highest BCUT2D eigenvalue weighted by Crippen LogP contribution is 2.18. The maximum absolute atomic E-state index is 10.0. The second kappa shape index (κ2) is 10.4. The zero-order valence-electron chi connectivity index (χ0n) is 11.7. The molecule has 0 aromatic heterocycles. The Balaban J connectivity index is 2.17. The highest BCUT2D eigenvalue weighted by Gasteiger charge is 1.97. The minimum Gasteiger partial charge on any atom is -0.494 e. The number of hydrogen-bond acceptors (Lipinski definition) is 3. The Morgan fingerprint density at radius 3 is 1.89 bits per heavy atom. The van der Waals surface area contributed by atoms with Gasteiger partial charge >= 0.3 is 0 Å². The maximum Gasteiger partial charge on any atom is 0.198 e. The summed E-state index contributed by atoms with van der Waals surface area (Å²) in [7, 11) is 0. The molecule has 0 heterocycles. The highest BCUT2D eigenvalue weighted by atomic mass is 16.5. The molecule has 0 bridgehead atoms. The lowest BCUT2D eigenvalue weighted by Crippen LogP contribution is -1.99. The predicted molar refractivity (Wildman–Crippen MR) is 76.5 cm³/mol. The van der Waals surface area contributed by atoms with Crippen LogP contribution in [0.25, 0.3) is 0 Å². The fourth-order valence-corrected chi connectivity index (χ4v) is 1.66. The zero-order valence-corrected chi connectivity index (χ0v) is 11.7. The number of hydrogen-bond donors (Lipinski definition) is 0. The molecule has 0 aliphatic carbocycles. The van der Waals surface area contributed by atoms with Gasteiger partial charge in [0.15, 0.2) is 6.29 Å². The summed E-state index contributed by atoms with van der Waals surface area (Å²) in [5.41, 5.74) is 0. The van der Waals surface area contributed by atoms with Gasteiger partial charge in [-0.25, -0.2) is 0 Å². The maximum atomic E-state index is 10.0. The van der Waals surface area contributed by atoms with Gasteiger partial charge < -0.3 is 9.47 Å². The first kappa shape index (κ1) is 15.5. The molecular formula is C16H23O3. The van der Waals surface area contributed by atoms with E-state index >= 15 is 0 Å². The first-order valence-corrected chi connectivity index (χ1v) is 7.07. The van der Waals surface area contributed by atoms with Gasteiger partial charge in [0.1, 0.15) is 11.5 Å². The molecule has 0 atom stereocenters. The number of benzene rings is 1. The molecule has 1 aromatic rings. The fourth-order valence-electron chi connectivity index (χ4n) is 1.66. The van der Waals surface area contributed by atoms with Gasteiger partial charge in [-0.05, 0) is 43.5 Å². The van der Waals surface area contributed by atoms with Gasteiger partial charge in [-0.1, -0.05) is 19.8 Å². The summed E-state index contributed by atoms with van der Waals surface area (Å²) in [6, 6.07) is 7.70. The lowest BCUT2D eigenvalue weighted by Gasteiger charge is -2.08. The molecule has 0 unspecified atom stereocenters. The second-order valence-corrected chi connectivity index (χ2v) is 4.48. The molecule has 0 amide bonds. The van der Waals surface area contributed by atoms with Crippen molar-refractivity contribution in [3.8, 4) is 11.5 Å². The number of unbranched alkanes of at least 4 members (excludes halogenated alkanes) is 4. The average Bonchev–Trinajstić information content (AvgIpc) is 2.45. The Hall–Kier alpha value is -1.51. The van der Waals surface area contributed by atoms with Crippen LogP contribution >= 0.6 is 0 Å². The van der Waals surface area contributed by atoms with E-state index in [1.807, 2.05) is 30.6 Å². The Kier molecular flexibility index (Phi) is 8.52. The average molecular weight is 263 g/mol. The van der Waals surface area contributed by atoms with Gasteiger partial charge in [0.2, 0.25) is 0 Å². The fraction of sp³-hybridized carbons (Fsp3) is 0.562. The van der Waals surface area contributed by atoms with E-state index in [1.54, 1.807) is 0 Å². The van der Waals surface area contributed by atoms with Crippen LogP contribution in [0.5, 0.6) is 11.5 Å². The molecule has 0 N–H and O–H groups in total. The van der Waals surface area contributed by atoms with Crippen molar-refractivity contribution in [1.82, 2.24) is 0 Å². The van der Waals surface area contributed by atoms with Crippen molar-refractivity contribution < 1.29 is 14.3 Å². The molecule has 1 radical (unpaired) electrons. The first-order valence-electron chi connectivity index (χ1n) is 7.07. The molecule has 1 rings (SSSR count). The topological polar surface area (TPSA) is 35.5 Å². The van der Waals surface area contributed by atoms with E-state index in [1.165, 1.54) is 12.8 Å². The summed E-state index contributed by atoms with van der Waals surface area (Å²) in [6.45, 7) is 3.59. The van der Waals surface area contributed by atoms with Crippen molar-refractivity contribution >= 4 is 6.29 Å². The lowest BCUT2D eigenvalue weighted by atomic mass is 10.2. The van der Waals surface area contributed by atoms with Crippen molar-refractivity contribution in [2.45, 2.75) is 45.4 Å². The van der Waals surface area contributed by atoms with Crippen LogP contribution in [0.3, 0.4) is 0 Å². The zero-order chi connectivity index (χ0) is 13.8. The molecule has 1 aromatic carbocycles. The molecule has 3 heteroatoms. The van der Waals surface area contributed by atoms with E-state index in [-0.39, 0.29) is 0 Å². The Morgan fingerprint density at radius 1 is 0.895 bits per heavy atom. The summed E-state index contributed by atoms with van der Waals surface area (Å²) in [5.74, 6) is 1.73. The number of ether oxygens (including phenoxy) is 2. The van der Waals surface area contributed by atoms with Gasteiger partial charge in [-0.2, -0.15) is 0 Å². The third kappa shape index (κ3) is 7.50. The van der Waals surface area contributed by atoms with Crippen LogP contribution in [0, 0.1) is 0 Å². The number of rotatable bonds is 11. The molecule has 0 saturated heterocycles. The predicted octanol–water partition coefficient (Wildman–Crippen LogP) is 3.91. The first-order chi connectivity index (χ1) is 9.36. The number of carbonyl (C=O) groups excluding carboxylic acids is 1. The molecule has 0 aliphatic heterocycles. The van der Waals surface area contributed by atoms with E-state index in [4.69, 9.17) is 9.47 Å². The standard InChI is InChI=1S/C16H23O3/c1-2-3-6-13-18-15-8-10-16(11-9-15)19-14-7-4-5-12-17/h8-11H,2-7,13-14H2,1H3. The molecule has 19 heavy (non-hydrogen) atoms.